The van der Waals surface area contributed by atoms with Crippen molar-refractivity contribution in [3.05, 3.63) is 5.56 Å². The highest BCUT2D eigenvalue weighted by Crippen LogP contribution is 2.35. The third-order valence-corrected chi connectivity index (χ3v) is 3.32. The molecule has 0 fully saturated rings. The summed E-state index contributed by atoms with van der Waals surface area (Å²) in [5.41, 5.74) is 11.6. The number of nitrogens with two attached hydrogens (primary N) is 2. The highest BCUT2D eigenvalue weighted by Gasteiger charge is 2.17. The smallest absolute Gasteiger partial charge is 0.310 e. The van der Waals surface area contributed by atoms with Crippen LogP contribution in [0.4, 0.5) is 11.8 Å². The summed E-state index contributed by atoms with van der Waals surface area (Å²) in [4.78, 5) is 19.4. The summed E-state index contributed by atoms with van der Waals surface area (Å²) in [6, 6.07) is 0. The van der Waals surface area contributed by atoms with E-state index in [0.717, 1.165) is 0 Å². The van der Waals surface area contributed by atoms with Crippen LogP contribution in [0, 0.1) is 0 Å². The molecular formula is C13H23N4O5P. The number of esters is 1. The second-order valence-corrected chi connectivity index (χ2v) is 8.60. The molecule has 0 atom stereocenters. The fourth-order valence-corrected chi connectivity index (χ4v) is 2.19. The molecule has 4 N–H and O–H groups in total. The lowest BCUT2D eigenvalue weighted by Gasteiger charge is -2.13. The van der Waals surface area contributed by atoms with Gasteiger partial charge in [-0.3, -0.25) is 4.79 Å². The van der Waals surface area contributed by atoms with E-state index in [0.29, 0.717) is 5.56 Å². The summed E-state index contributed by atoms with van der Waals surface area (Å²) in [6.45, 7) is 5.59. The number of hydrogen-bond donors (Lipinski definition) is 2. The van der Waals surface area contributed by atoms with Crippen LogP contribution in [0.15, 0.2) is 0 Å². The molecule has 1 heterocycles. The van der Waals surface area contributed by atoms with Gasteiger partial charge < -0.3 is 30.2 Å². The molecule has 0 aliphatic carbocycles. The van der Waals surface area contributed by atoms with Gasteiger partial charge in [0.1, 0.15) is 19.6 Å². The van der Waals surface area contributed by atoms with E-state index >= 15 is 0 Å². The van der Waals surface area contributed by atoms with Crippen LogP contribution in [0.3, 0.4) is 0 Å². The quantitative estimate of drug-likeness (QED) is 0.376. The fourth-order valence-electron chi connectivity index (χ4n) is 1.62. The van der Waals surface area contributed by atoms with Gasteiger partial charge in [0.25, 0.3) is 0 Å². The fraction of sp³-hybridized carbons (Fsp3) is 0.615. The molecule has 0 aliphatic heterocycles. The van der Waals surface area contributed by atoms with Crippen LogP contribution in [0.25, 0.3) is 0 Å². The number of nitrogen functional groups attached to an aromatic ring is 2. The van der Waals surface area contributed by atoms with Crippen molar-refractivity contribution in [2.24, 2.45) is 0 Å². The van der Waals surface area contributed by atoms with Gasteiger partial charge in [0.05, 0.1) is 31.5 Å². The minimum Gasteiger partial charge on any atom is -0.475 e. The molecule has 1 rings (SSSR count). The van der Waals surface area contributed by atoms with Crippen LogP contribution in [0.5, 0.6) is 5.88 Å². The van der Waals surface area contributed by atoms with E-state index in [1.807, 2.05) is 0 Å². The van der Waals surface area contributed by atoms with Crippen molar-refractivity contribution >= 4 is 24.9 Å². The molecule has 0 aliphatic rings. The van der Waals surface area contributed by atoms with Gasteiger partial charge in [0.2, 0.25) is 11.8 Å². The lowest BCUT2D eigenvalue weighted by atomic mass is 10.2. The monoisotopic (exact) mass is 346 g/mol. The first-order valence-corrected chi connectivity index (χ1v) is 9.83. The zero-order chi connectivity index (χ0) is 17.5. The topological polar surface area (TPSA) is 140 Å². The third-order valence-electron chi connectivity index (χ3n) is 2.51. The molecule has 10 heteroatoms. The Bertz CT molecular complexity index is 590. The molecule has 1 aromatic rings. The number of aromatic nitrogens is 2. The first-order chi connectivity index (χ1) is 10.7. The molecule has 0 radical (unpaired) electrons. The summed E-state index contributed by atoms with van der Waals surface area (Å²) in [5, 5.41) is 0. The Kier molecular flexibility index (Phi) is 7.25. The van der Waals surface area contributed by atoms with Crippen molar-refractivity contribution in [1.29, 1.82) is 0 Å². The third kappa shape index (κ3) is 7.30. The maximum absolute atomic E-state index is 11.6. The van der Waals surface area contributed by atoms with E-state index in [4.69, 9.17) is 25.7 Å². The maximum Gasteiger partial charge on any atom is 0.310 e. The van der Waals surface area contributed by atoms with E-state index in [2.05, 4.69) is 9.97 Å². The van der Waals surface area contributed by atoms with Gasteiger partial charge in [-0.15, -0.1) is 0 Å². The number of carbonyl (C=O) groups excluding carboxylic acids is 1. The molecule has 130 valence electrons. The van der Waals surface area contributed by atoms with Crippen LogP contribution in [0.2, 0.25) is 0 Å². The molecular weight excluding hydrogens is 323 g/mol. The predicted molar refractivity (Wildman–Crippen MR) is 87.0 cm³/mol. The van der Waals surface area contributed by atoms with Gasteiger partial charge in [-0.2, -0.15) is 9.97 Å². The largest absolute Gasteiger partial charge is 0.475 e. The summed E-state index contributed by atoms with van der Waals surface area (Å²) >= 11 is 0. The number of ether oxygens (including phenoxy) is 3. The number of carbonyl (C=O) groups is 1. The minimum atomic E-state index is -2.23. The SMILES string of the molecule is CCOC(=O)Cc1c(N)nc(N)nc1OCCOCP(C)(C)=O. The van der Waals surface area contributed by atoms with E-state index < -0.39 is 13.1 Å². The first kappa shape index (κ1) is 19.2. The summed E-state index contributed by atoms with van der Waals surface area (Å²) in [6.07, 6.45) is 0.0510. The summed E-state index contributed by atoms with van der Waals surface area (Å²) in [5.74, 6) is -0.347. The summed E-state index contributed by atoms with van der Waals surface area (Å²) in [7, 11) is -2.23. The van der Waals surface area contributed by atoms with Crippen molar-refractivity contribution < 1.29 is 23.6 Å². The molecule has 0 amide bonds. The van der Waals surface area contributed by atoms with Gasteiger partial charge in [0, 0.05) is 0 Å². The second-order valence-electron chi connectivity index (χ2n) is 5.19. The minimum absolute atomic E-state index is 0.0577. The molecule has 23 heavy (non-hydrogen) atoms. The van der Waals surface area contributed by atoms with E-state index in [1.165, 1.54) is 0 Å². The lowest BCUT2D eigenvalue weighted by molar-refractivity contribution is -0.142. The molecule has 0 bridgehead atoms. The van der Waals surface area contributed by atoms with Gasteiger partial charge in [-0.1, -0.05) is 0 Å². The molecule has 0 unspecified atom stereocenters. The highest BCUT2D eigenvalue weighted by atomic mass is 31.2. The molecule has 0 saturated carbocycles. The Morgan fingerprint density at radius 1 is 1.22 bits per heavy atom. The Morgan fingerprint density at radius 3 is 2.52 bits per heavy atom. The van der Waals surface area contributed by atoms with E-state index in [-0.39, 0.29) is 50.2 Å². The molecule has 0 spiro atoms. The maximum atomic E-state index is 11.6. The Morgan fingerprint density at radius 2 is 1.91 bits per heavy atom. The standard InChI is InChI=1S/C13H23N4O5P/c1-4-21-10(18)7-9-11(14)16-13(15)17-12(9)22-6-5-20-8-23(2,3)19/h4-8H2,1-3H3,(H4,14,15,16,17). The van der Waals surface area contributed by atoms with Crippen molar-refractivity contribution in [3.8, 4) is 5.88 Å². The predicted octanol–water partition coefficient (Wildman–Crippen LogP) is 0.722. The van der Waals surface area contributed by atoms with Crippen LogP contribution in [-0.4, -0.2) is 55.4 Å². The Labute approximate surface area is 135 Å². The average molecular weight is 346 g/mol. The van der Waals surface area contributed by atoms with Crippen molar-refractivity contribution in [3.63, 3.8) is 0 Å². The second kappa shape index (κ2) is 8.69. The normalized spacial score (nSPS) is 11.3. The van der Waals surface area contributed by atoms with Crippen molar-refractivity contribution in [2.45, 2.75) is 13.3 Å². The first-order valence-electron chi connectivity index (χ1n) is 7.05. The molecule has 1 aromatic heterocycles. The molecule has 0 saturated heterocycles. The highest BCUT2D eigenvalue weighted by molar-refractivity contribution is 7.62. The van der Waals surface area contributed by atoms with Crippen LogP contribution in [0.1, 0.15) is 12.5 Å². The van der Waals surface area contributed by atoms with Crippen molar-refractivity contribution in [2.75, 3.05) is 51.0 Å². The average Bonchev–Trinajstić information content (AvgIpc) is 2.41. The van der Waals surface area contributed by atoms with E-state index in [9.17, 15) is 9.36 Å². The van der Waals surface area contributed by atoms with Gasteiger partial charge in [-0.25, -0.2) is 0 Å². The van der Waals surface area contributed by atoms with Gasteiger partial charge >= 0.3 is 5.97 Å². The van der Waals surface area contributed by atoms with Crippen LogP contribution in [-0.2, 0) is 25.3 Å². The zero-order valence-electron chi connectivity index (χ0n) is 13.6. The Hall–Kier alpha value is -1.86. The summed E-state index contributed by atoms with van der Waals surface area (Å²) < 4.78 is 27.1. The van der Waals surface area contributed by atoms with Gasteiger partial charge in [0.15, 0.2) is 0 Å². The number of anilines is 2. The number of rotatable bonds is 9. The van der Waals surface area contributed by atoms with Crippen molar-refractivity contribution in [1.82, 2.24) is 9.97 Å². The van der Waals surface area contributed by atoms with E-state index in [1.54, 1.807) is 20.3 Å². The van der Waals surface area contributed by atoms with Gasteiger partial charge in [-0.05, 0) is 20.3 Å². The van der Waals surface area contributed by atoms with Crippen LogP contribution >= 0.6 is 7.14 Å². The zero-order valence-corrected chi connectivity index (χ0v) is 14.5. The van der Waals surface area contributed by atoms with Crippen LogP contribution < -0.4 is 16.2 Å². The lowest BCUT2D eigenvalue weighted by Crippen LogP contribution is -2.16. The number of hydrogen-bond acceptors (Lipinski definition) is 9. The number of nitrogens with zero attached hydrogens (tertiary/aromatic N) is 2. The molecule has 9 nitrogen and oxygen atoms in total. The Balaban J connectivity index is 2.68. The molecule has 0 aromatic carbocycles.